The van der Waals surface area contributed by atoms with Crippen LogP contribution in [0.1, 0.15) is 28.4 Å². The molecule has 0 aliphatic rings. The first-order chi connectivity index (χ1) is 11.0. The van der Waals surface area contributed by atoms with Crippen LogP contribution in [-0.2, 0) is 12.4 Å². The molecule has 0 radical (unpaired) electrons. The summed E-state index contributed by atoms with van der Waals surface area (Å²) in [4.78, 5) is 11.2. The van der Waals surface area contributed by atoms with Gasteiger partial charge in [0.2, 0.25) is 0 Å². The van der Waals surface area contributed by atoms with E-state index in [1.807, 2.05) is 0 Å². The van der Waals surface area contributed by atoms with Gasteiger partial charge < -0.3 is 5.32 Å². The van der Waals surface area contributed by atoms with Gasteiger partial charge in [-0.15, -0.1) is 0 Å². The first-order valence-corrected chi connectivity index (χ1v) is 6.65. The molecule has 128 valence electrons. The minimum Gasteiger partial charge on any atom is -0.355 e. The van der Waals surface area contributed by atoms with Crippen molar-refractivity contribution in [1.29, 1.82) is 0 Å². The van der Waals surface area contributed by atoms with Crippen molar-refractivity contribution < 1.29 is 31.1 Å². The number of nitrogens with one attached hydrogen (secondary N) is 1. The van der Waals surface area contributed by atoms with Crippen molar-refractivity contribution in [3.63, 3.8) is 0 Å². The molecule has 0 unspecified atom stereocenters. The normalized spacial score (nSPS) is 12.1. The average molecular weight is 347 g/mol. The predicted octanol–water partition coefficient (Wildman–Crippen LogP) is 5.67. The quantitative estimate of drug-likeness (QED) is 0.572. The summed E-state index contributed by atoms with van der Waals surface area (Å²) in [6, 6.07) is 6.54. The number of carbonyl (C=O) groups excluding carboxylic acids is 1. The van der Waals surface area contributed by atoms with Crippen molar-refractivity contribution in [1.82, 2.24) is 0 Å². The van der Waals surface area contributed by atoms with Gasteiger partial charge in [0.15, 0.2) is 5.78 Å². The van der Waals surface area contributed by atoms with Gasteiger partial charge in [-0.05, 0) is 49.4 Å². The Morgan fingerprint density at radius 3 is 1.92 bits per heavy atom. The molecule has 0 heterocycles. The number of ketones is 1. The van der Waals surface area contributed by atoms with Crippen LogP contribution < -0.4 is 5.32 Å². The highest BCUT2D eigenvalue weighted by molar-refractivity contribution is 5.94. The molecule has 0 spiro atoms. The van der Waals surface area contributed by atoms with E-state index in [-0.39, 0.29) is 11.5 Å². The van der Waals surface area contributed by atoms with Crippen LogP contribution in [0.5, 0.6) is 0 Å². The van der Waals surface area contributed by atoms with Gasteiger partial charge in [-0.25, -0.2) is 0 Å². The minimum absolute atomic E-state index is 0.129. The molecular weight excluding hydrogens is 336 g/mol. The van der Waals surface area contributed by atoms with E-state index in [1.54, 1.807) is 0 Å². The fourth-order valence-electron chi connectivity index (χ4n) is 2.01. The van der Waals surface area contributed by atoms with Crippen molar-refractivity contribution in [3.05, 3.63) is 59.2 Å². The van der Waals surface area contributed by atoms with Crippen molar-refractivity contribution >= 4 is 17.2 Å². The molecule has 0 fully saturated rings. The number of alkyl halides is 6. The number of hydrogen-bond acceptors (Lipinski definition) is 2. The zero-order valence-corrected chi connectivity index (χ0v) is 12.2. The summed E-state index contributed by atoms with van der Waals surface area (Å²) in [5.74, 6) is -0.239. The van der Waals surface area contributed by atoms with Crippen LogP contribution in [-0.4, -0.2) is 5.78 Å². The maximum Gasteiger partial charge on any atom is 0.418 e. The van der Waals surface area contributed by atoms with Crippen molar-refractivity contribution in [2.75, 3.05) is 5.32 Å². The maximum absolute atomic E-state index is 13.0. The van der Waals surface area contributed by atoms with Gasteiger partial charge in [0.1, 0.15) is 0 Å². The second-order valence-electron chi connectivity index (χ2n) is 5.01. The Hall–Kier alpha value is -2.51. The molecule has 0 aliphatic heterocycles. The fourth-order valence-corrected chi connectivity index (χ4v) is 2.01. The third-order valence-electron chi connectivity index (χ3n) is 3.22. The van der Waals surface area contributed by atoms with Gasteiger partial charge >= 0.3 is 12.4 Å². The summed E-state index contributed by atoms with van der Waals surface area (Å²) in [5, 5.41) is 2.33. The zero-order chi connectivity index (χ0) is 18.1. The zero-order valence-electron chi connectivity index (χ0n) is 12.2. The van der Waals surface area contributed by atoms with Crippen molar-refractivity contribution in [3.8, 4) is 0 Å². The van der Waals surface area contributed by atoms with Gasteiger partial charge in [0, 0.05) is 11.3 Å². The smallest absolute Gasteiger partial charge is 0.355 e. The highest BCUT2D eigenvalue weighted by Gasteiger charge is 2.37. The monoisotopic (exact) mass is 347 g/mol. The number of rotatable bonds is 3. The molecule has 0 bridgehead atoms. The summed E-state index contributed by atoms with van der Waals surface area (Å²) in [5.41, 5.74) is -2.66. The highest BCUT2D eigenvalue weighted by atomic mass is 19.4. The molecule has 2 nitrogen and oxygen atoms in total. The highest BCUT2D eigenvalue weighted by Crippen LogP contribution is 2.39. The number of anilines is 2. The van der Waals surface area contributed by atoms with Crippen LogP contribution in [0, 0.1) is 0 Å². The van der Waals surface area contributed by atoms with Gasteiger partial charge in [0.25, 0.3) is 0 Å². The Morgan fingerprint density at radius 1 is 0.875 bits per heavy atom. The summed E-state index contributed by atoms with van der Waals surface area (Å²) in [7, 11) is 0. The lowest BCUT2D eigenvalue weighted by Gasteiger charge is -2.17. The van der Waals surface area contributed by atoms with Gasteiger partial charge in [-0.1, -0.05) is 0 Å². The second-order valence-corrected chi connectivity index (χ2v) is 5.01. The average Bonchev–Trinajstić information content (AvgIpc) is 2.45. The standard InChI is InChI=1S/C16H11F6NO/c1-9(24)10-2-5-12(6-3-10)23-14-8-11(15(17,18)19)4-7-13(14)16(20,21)22/h2-8,23H,1H3. The lowest BCUT2D eigenvalue weighted by Crippen LogP contribution is -2.12. The van der Waals surface area contributed by atoms with E-state index in [0.29, 0.717) is 23.8 Å². The third kappa shape index (κ3) is 4.06. The molecule has 0 aliphatic carbocycles. The third-order valence-corrected chi connectivity index (χ3v) is 3.22. The van der Waals surface area contributed by atoms with E-state index in [4.69, 9.17) is 0 Å². The summed E-state index contributed by atoms with van der Waals surface area (Å²) >= 11 is 0. The van der Waals surface area contributed by atoms with E-state index in [1.165, 1.54) is 31.2 Å². The number of benzene rings is 2. The Bertz CT molecular complexity index is 747. The molecule has 1 N–H and O–H groups in total. The van der Waals surface area contributed by atoms with Crippen molar-refractivity contribution in [2.45, 2.75) is 19.3 Å². The van der Waals surface area contributed by atoms with Crippen molar-refractivity contribution in [2.24, 2.45) is 0 Å². The van der Waals surface area contributed by atoms with Crippen LogP contribution in [0.25, 0.3) is 0 Å². The largest absolute Gasteiger partial charge is 0.418 e. The second kappa shape index (κ2) is 6.18. The van der Waals surface area contributed by atoms with E-state index in [9.17, 15) is 31.1 Å². The fraction of sp³-hybridized carbons (Fsp3) is 0.188. The summed E-state index contributed by atoms with van der Waals surface area (Å²) < 4.78 is 77.1. The molecule has 8 heteroatoms. The van der Waals surface area contributed by atoms with Gasteiger partial charge in [-0.3, -0.25) is 4.79 Å². The van der Waals surface area contributed by atoms with Crippen LogP contribution in [0.2, 0.25) is 0 Å². The van der Waals surface area contributed by atoms with Crippen LogP contribution in [0.4, 0.5) is 37.7 Å². The molecule has 0 saturated heterocycles. The van der Waals surface area contributed by atoms with E-state index in [0.717, 1.165) is 0 Å². The molecule has 24 heavy (non-hydrogen) atoms. The van der Waals surface area contributed by atoms with Gasteiger partial charge in [0.05, 0.1) is 16.8 Å². The van der Waals surface area contributed by atoms with E-state index >= 15 is 0 Å². The molecule has 2 rings (SSSR count). The first-order valence-electron chi connectivity index (χ1n) is 6.65. The number of hydrogen-bond donors (Lipinski definition) is 1. The lowest BCUT2D eigenvalue weighted by atomic mass is 10.1. The maximum atomic E-state index is 13.0. The molecule has 2 aromatic carbocycles. The summed E-state index contributed by atoms with van der Waals surface area (Å²) in [6.45, 7) is 1.32. The molecule has 2 aromatic rings. The Morgan fingerprint density at radius 2 is 1.46 bits per heavy atom. The Labute approximate surface area is 133 Å². The molecule has 0 saturated carbocycles. The van der Waals surface area contributed by atoms with Crippen LogP contribution >= 0.6 is 0 Å². The molecule has 0 atom stereocenters. The number of Topliss-reactive ketones (excluding diaryl/α,β-unsaturated/α-hetero) is 1. The molecule has 0 aromatic heterocycles. The van der Waals surface area contributed by atoms with E-state index in [2.05, 4.69) is 5.32 Å². The topological polar surface area (TPSA) is 29.1 Å². The Kier molecular flexibility index (Phi) is 4.59. The number of carbonyl (C=O) groups is 1. The predicted molar refractivity (Wildman–Crippen MR) is 76.2 cm³/mol. The van der Waals surface area contributed by atoms with Crippen LogP contribution in [0.3, 0.4) is 0 Å². The summed E-state index contributed by atoms with van der Waals surface area (Å²) in [6.07, 6.45) is -9.58. The van der Waals surface area contributed by atoms with Crippen LogP contribution in [0.15, 0.2) is 42.5 Å². The Balaban J connectivity index is 2.44. The SMILES string of the molecule is CC(=O)c1ccc(Nc2cc(C(F)(F)F)ccc2C(F)(F)F)cc1. The van der Waals surface area contributed by atoms with Gasteiger partial charge in [-0.2, -0.15) is 26.3 Å². The van der Waals surface area contributed by atoms with E-state index < -0.39 is 29.2 Å². The minimum atomic E-state index is -4.81. The number of halogens is 6. The molecular formula is C16H11F6NO. The lowest BCUT2D eigenvalue weighted by molar-refractivity contribution is -0.140. The first kappa shape index (κ1) is 17.8. The molecule has 0 amide bonds.